The summed E-state index contributed by atoms with van der Waals surface area (Å²) in [5.74, 6) is 0.792. The Kier molecular flexibility index (Phi) is 7.32. The molecule has 7 nitrogen and oxygen atoms in total. The fourth-order valence-electron chi connectivity index (χ4n) is 3.64. The Labute approximate surface area is 191 Å². The van der Waals surface area contributed by atoms with Crippen molar-refractivity contribution in [1.82, 2.24) is 0 Å². The number of hydrogen-bond acceptors (Lipinski definition) is 7. The number of halogens is 1. The van der Waals surface area contributed by atoms with E-state index < -0.39 is 36.7 Å². The van der Waals surface area contributed by atoms with Crippen LogP contribution in [-0.2, 0) is 23.7 Å². The van der Waals surface area contributed by atoms with Crippen LogP contribution in [0.25, 0.3) is 0 Å². The Hall–Kier alpha value is -2.58. The second kappa shape index (κ2) is 10.4. The van der Waals surface area contributed by atoms with Gasteiger partial charge < -0.3 is 28.4 Å². The molecular weight excluding hydrogens is 436 g/mol. The van der Waals surface area contributed by atoms with Crippen LogP contribution in [0, 0.1) is 0 Å². The van der Waals surface area contributed by atoms with Gasteiger partial charge in [-0.3, -0.25) is 0 Å². The van der Waals surface area contributed by atoms with E-state index in [2.05, 4.69) is 0 Å². The molecular formula is C24H25ClO7. The van der Waals surface area contributed by atoms with Crippen LogP contribution in [0.1, 0.15) is 18.3 Å². The van der Waals surface area contributed by atoms with Gasteiger partial charge in [-0.25, -0.2) is 4.79 Å². The van der Waals surface area contributed by atoms with E-state index in [0.717, 1.165) is 5.56 Å². The Morgan fingerprint density at radius 2 is 1.72 bits per heavy atom. The number of esters is 1. The van der Waals surface area contributed by atoms with Crippen LogP contribution in [0.5, 0.6) is 11.5 Å². The molecule has 170 valence electrons. The predicted molar refractivity (Wildman–Crippen MR) is 117 cm³/mol. The second-order valence-corrected chi connectivity index (χ2v) is 7.87. The second-order valence-electron chi connectivity index (χ2n) is 7.43. The lowest BCUT2D eigenvalue weighted by atomic mass is 10.0. The Morgan fingerprint density at radius 1 is 1.00 bits per heavy atom. The molecule has 2 aliphatic heterocycles. The normalized spacial score (nSPS) is 28.5. The molecule has 2 aliphatic rings. The summed E-state index contributed by atoms with van der Waals surface area (Å²) >= 11 is 5.97. The van der Waals surface area contributed by atoms with Gasteiger partial charge in [-0.1, -0.05) is 35.9 Å². The highest BCUT2D eigenvalue weighted by Gasteiger charge is 2.40. The summed E-state index contributed by atoms with van der Waals surface area (Å²) in [6.07, 6.45) is 1.33. The topological polar surface area (TPSA) is 72.5 Å². The highest BCUT2D eigenvalue weighted by molar-refractivity contribution is 6.30. The van der Waals surface area contributed by atoms with Crippen LogP contribution in [0.2, 0.25) is 5.02 Å². The standard InChI is InChI=1S/C24H25ClO7/c1-27-17-10-12-18(13-11-17)30-20-5-3-4-19-21(31-22(20)23(26)28-2)14-29-24(32-19)15-6-8-16(25)9-7-15/h3-4,6-13,19-22,24H,5,14H2,1-2H3/b4-3-/t19-,20+,21+,22+,24+/m0/s1. The zero-order chi connectivity index (χ0) is 22.5. The van der Waals surface area contributed by atoms with Gasteiger partial charge in [0.1, 0.15) is 29.8 Å². The fourth-order valence-corrected chi connectivity index (χ4v) is 3.76. The number of fused-ring (bicyclic) bond motifs is 1. The van der Waals surface area contributed by atoms with Crippen molar-refractivity contribution in [1.29, 1.82) is 0 Å². The van der Waals surface area contributed by atoms with Gasteiger partial charge in [0.2, 0.25) is 0 Å². The number of rotatable bonds is 5. The van der Waals surface area contributed by atoms with Gasteiger partial charge in [0.25, 0.3) is 0 Å². The first-order valence-electron chi connectivity index (χ1n) is 10.3. The Balaban J connectivity index is 1.50. The minimum Gasteiger partial charge on any atom is -0.497 e. The number of ether oxygens (including phenoxy) is 6. The molecule has 2 aromatic rings. The summed E-state index contributed by atoms with van der Waals surface area (Å²) in [5, 5.41) is 0.639. The van der Waals surface area contributed by atoms with Crippen molar-refractivity contribution >= 4 is 17.6 Å². The van der Waals surface area contributed by atoms with E-state index in [-0.39, 0.29) is 6.61 Å². The Bertz CT molecular complexity index is 928. The molecule has 4 rings (SSSR count). The van der Waals surface area contributed by atoms with E-state index in [1.807, 2.05) is 24.3 Å². The minimum absolute atomic E-state index is 0.241. The summed E-state index contributed by atoms with van der Waals surface area (Å²) in [7, 11) is 2.92. The van der Waals surface area contributed by atoms with E-state index in [0.29, 0.717) is 22.9 Å². The molecule has 1 saturated heterocycles. The highest BCUT2D eigenvalue weighted by atomic mass is 35.5. The van der Waals surface area contributed by atoms with Crippen molar-refractivity contribution in [2.45, 2.75) is 37.1 Å². The first-order valence-corrected chi connectivity index (χ1v) is 10.7. The SMILES string of the molecule is COC(=O)[C@@H]1O[C@@H]2CO[C@@H](c3ccc(Cl)cc3)O[C@H]2/C=C\C[C@H]1Oc1ccc(OC)cc1. The number of carbonyl (C=O) groups excluding carboxylic acids is 1. The average molecular weight is 461 g/mol. The molecule has 2 heterocycles. The molecule has 32 heavy (non-hydrogen) atoms. The number of carbonyl (C=O) groups is 1. The molecule has 0 spiro atoms. The number of benzene rings is 2. The van der Waals surface area contributed by atoms with Gasteiger partial charge in [-0.2, -0.15) is 0 Å². The van der Waals surface area contributed by atoms with Gasteiger partial charge in [0.05, 0.1) is 20.8 Å². The van der Waals surface area contributed by atoms with Crippen LogP contribution in [-0.4, -0.2) is 51.2 Å². The van der Waals surface area contributed by atoms with Crippen molar-refractivity contribution in [2.75, 3.05) is 20.8 Å². The van der Waals surface area contributed by atoms with Crippen molar-refractivity contribution in [3.8, 4) is 11.5 Å². The quantitative estimate of drug-likeness (QED) is 0.491. The maximum Gasteiger partial charge on any atom is 0.338 e. The van der Waals surface area contributed by atoms with E-state index in [9.17, 15) is 4.79 Å². The first-order chi connectivity index (χ1) is 15.6. The molecule has 1 fully saturated rings. The summed E-state index contributed by atoms with van der Waals surface area (Å²) in [6, 6.07) is 14.4. The number of methoxy groups -OCH3 is 2. The lowest BCUT2D eigenvalue weighted by molar-refractivity contribution is -0.266. The molecule has 0 saturated carbocycles. The molecule has 0 bridgehead atoms. The third-order valence-corrected chi connectivity index (χ3v) is 5.59. The molecule has 2 aromatic carbocycles. The molecule has 0 unspecified atom stereocenters. The smallest absolute Gasteiger partial charge is 0.338 e. The van der Waals surface area contributed by atoms with Crippen molar-refractivity contribution < 1.29 is 33.2 Å². The highest BCUT2D eigenvalue weighted by Crippen LogP contribution is 2.32. The lowest BCUT2D eigenvalue weighted by Gasteiger charge is -2.39. The van der Waals surface area contributed by atoms with Gasteiger partial charge in [-0.05, 0) is 36.4 Å². The molecule has 8 heteroatoms. The third-order valence-electron chi connectivity index (χ3n) is 5.33. The predicted octanol–water partition coefficient (Wildman–Crippen LogP) is 4.10. The van der Waals surface area contributed by atoms with Crippen LogP contribution in [0.3, 0.4) is 0 Å². The van der Waals surface area contributed by atoms with E-state index in [1.54, 1.807) is 43.5 Å². The zero-order valence-electron chi connectivity index (χ0n) is 17.8. The van der Waals surface area contributed by atoms with Gasteiger partial charge >= 0.3 is 5.97 Å². The van der Waals surface area contributed by atoms with Crippen molar-refractivity contribution in [3.63, 3.8) is 0 Å². The van der Waals surface area contributed by atoms with Gasteiger partial charge in [0.15, 0.2) is 12.4 Å². The minimum atomic E-state index is -0.946. The van der Waals surface area contributed by atoms with E-state index in [4.69, 9.17) is 40.0 Å². The summed E-state index contributed by atoms with van der Waals surface area (Å²) in [5.41, 5.74) is 0.855. The van der Waals surface area contributed by atoms with Crippen molar-refractivity contribution in [3.05, 3.63) is 71.3 Å². The number of hydrogen-bond donors (Lipinski definition) is 0. The molecule has 5 atom stereocenters. The monoisotopic (exact) mass is 460 g/mol. The van der Waals surface area contributed by atoms with Crippen LogP contribution in [0.4, 0.5) is 0 Å². The maximum atomic E-state index is 12.6. The fraction of sp³-hybridized carbons (Fsp3) is 0.375. The van der Waals surface area contributed by atoms with Crippen LogP contribution >= 0.6 is 11.6 Å². The summed E-state index contributed by atoms with van der Waals surface area (Å²) in [6.45, 7) is 0.241. The van der Waals surface area contributed by atoms with Gasteiger partial charge in [0, 0.05) is 17.0 Å². The molecule has 0 aliphatic carbocycles. The molecule has 0 amide bonds. The maximum absolute atomic E-state index is 12.6. The average Bonchev–Trinajstić information content (AvgIpc) is 2.81. The summed E-state index contributed by atoms with van der Waals surface area (Å²) < 4.78 is 34.4. The Morgan fingerprint density at radius 3 is 2.41 bits per heavy atom. The van der Waals surface area contributed by atoms with Crippen molar-refractivity contribution in [2.24, 2.45) is 0 Å². The molecule has 0 radical (unpaired) electrons. The van der Waals surface area contributed by atoms with Crippen LogP contribution < -0.4 is 9.47 Å². The van der Waals surface area contributed by atoms with Crippen LogP contribution in [0.15, 0.2) is 60.7 Å². The van der Waals surface area contributed by atoms with Gasteiger partial charge in [-0.15, -0.1) is 0 Å². The van der Waals surface area contributed by atoms with E-state index >= 15 is 0 Å². The summed E-state index contributed by atoms with van der Waals surface area (Å²) in [4.78, 5) is 12.6. The lowest BCUT2D eigenvalue weighted by Crippen LogP contribution is -2.50. The third kappa shape index (κ3) is 5.24. The first kappa shape index (κ1) is 22.6. The molecule has 0 N–H and O–H groups in total. The zero-order valence-corrected chi connectivity index (χ0v) is 18.6. The largest absolute Gasteiger partial charge is 0.497 e. The van der Waals surface area contributed by atoms with E-state index in [1.165, 1.54) is 7.11 Å². The molecule has 0 aromatic heterocycles.